The molecule has 2 rings (SSSR count). The van der Waals surface area contributed by atoms with Crippen LogP contribution in [0.5, 0.6) is 0 Å². The summed E-state index contributed by atoms with van der Waals surface area (Å²) in [5.74, 6) is -0.0137. The molecule has 0 spiro atoms. The van der Waals surface area contributed by atoms with Crippen molar-refractivity contribution in [2.24, 2.45) is 0 Å². The number of thiazole rings is 1. The quantitative estimate of drug-likeness (QED) is 0.854. The average Bonchev–Trinajstić information content (AvgIpc) is 2.95. The fraction of sp³-hybridized carbons (Fsp3) is 0.231. The Morgan fingerprint density at radius 2 is 2.33 bits per heavy atom. The third-order valence-electron chi connectivity index (χ3n) is 2.25. The topological polar surface area (TPSA) is 42.0 Å². The smallest absolute Gasteiger partial charge is 0.226 e. The molecule has 3 nitrogen and oxygen atoms in total. The van der Waals surface area contributed by atoms with Crippen LogP contribution in [0, 0.1) is 0 Å². The molecule has 0 unspecified atom stereocenters. The minimum absolute atomic E-state index is 0.0137. The van der Waals surface area contributed by atoms with Gasteiger partial charge in [-0.2, -0.15) is 11.3 Å². The van der Waals surface area contributed by atoms with Gasteiger partial charge in [0.05, 0.1) is 12.1 Å². The number of nitrogens with one attached hydrogen (secondary N) is 1. The van der Waals surface area contributed by atoms with Crippen molar-refractivity contribution in [3.8, 4) is 10.6 Å². The van der Waals surface area contributed by atoms with Gasteiger partial charge in [-0.1, -0.05) is 12.2 Å². The van der Waals surface area contributed by atoms with Crippen LogP contribution in [-0.4, -0.2) is 17.4 Å². The van der Waals surface area contributed by atoms with E-state index in [4.69, 9.17) is 0 Å². The van der Waals surface area contributed by atoms with Crippen molar-refractivity contribution in [2.45, 2.75) is 13.3 Å². The third kappa shape index (κ3) is 3.51. The Hall–Kier alpha value is -1.46. The van der Waals surface area contributed by atoms with E-state index in [1.807, 2.05) is 23.8 Å². The first-order valence-corrected chi connectivity index (χ1v) is 7.35. The fourth-order valence-corrected chi connectivity index (χ4v) is 2.92. The molecule has 0 aromatic carbocycles. The Morgan fingerprint density at radius 1 is 1.50 bits per heavy atom. The van der Waals surface area contributed by atoms with E-state index in [0.717, 1.165) is 21.8 Å². The highest BCUT2D eigenvalue weighted by atomic mass is 32.1. The van der Waals surface area contributed by atoms with E-state index in [-0.39, 0.29) is 5.91 Å². The maximum absolute atomic E-state index is 11.6. The Balaban J connectivity index is 1.95. The minimum atomic E-state index is -0.0137. The number of nitrogens with zero attached hydrogens (tertiary/aromatic N) is 1. The summed E-state index contributed by atoms with van der Waals surface area (Å²) >= 11 is 3.22. The summed E-state index contributed by atoms with van der Waals surface area (Å²) < 4.78 is 0. The number of amides is 1. The first-order chi connectivity index (χ1) is 8.65. The molecule has 18 heavy (non-hydrogen) atoms. The van der Waals surface area contributed by atoms with E-state index in [1.54, 1.807) is 22.7 Å². The summed E-state index contributed by atoms with van der Waals surface area (Å²) in [6.45, 7) is 6.16. The predicted octanol–water partition coefficient (Wildman–Crippen LogP) is 3.11. The SMILES string of the molecule is C=C(C)CNC(=O)Cc1csc(-c2ccsc2)n1. The lowest BCUT2D eigenvalue weighted by molar-refractivity contribution is -0.120. The zero-order chi connectivity index (χ0) is 13.0. The number of carbonyl (C=O) groups excluding carboxylic acids is 1. The van der Waals surface area contributed by atoms with Crippen LogP contribution in [0.1, 0.15) is 12.6 Å². The standard InChI is InChI=1S/C13H14N2OS2/c1-9(2)6-14-12(16)5-11-8-18-13(15-11)10-3-4-17-7-10/h3-4,7-8H,1,5-6H2,2H3,(H,14,16). The van der Waals surface area contributed by atoms with Gasteiger partial charge in [0.15, 0.2) is 0 Å². The normalized spacial score (nSPS) is 10.3. The first kappa shape index (κ1) is 13.0. The molecule has 2 aromatic heterocycles. The lowest BCUT2D eigenvalue weighted by Gasteiger charge is -2.02. The number of hydrogen-bond donors (Lipinski definition) is 1. The van der Waals surface area contributed by atoms with Gasteiger partial charge in [-0.15, -0.1) is 11.3 Å². The number of hydrogen-bond acceptors (Lipinski definition) is 4. The Bertz CT molecular complexity index is 543. The molecular formula is C13H14N2OS2. The number of thiophene rings is 1. The van der Waals surface area contributed by atoms with Crippen molar-refractivity contribution in [3.05, 3.63) is 40.1 Å². The van der Waals surface area contributed by atoms with Crippen LogP contribution in [0.25, 0.3) is 10.6 Å². The number of aromatic nitrogens is 1. The summed E-state index contributed by atoms with van der Waals surface area (Å²) in [6.07, 6.45) is 0.327. The van der Waals surface area contributed by atoms with Crippen LogP contribution >= 0.6 is 22.7 Å². The highest BCUT2D eigenvalue weighted by Crippen LogP contribution is 2.25. The van der Waals surface area contributed by atoms with Crippen LogP contribution in [0.2, 0.25) is 0 Å². The molecule has 0 atom stereocenters. The van der Waals surface area contributed by atoms with Crippen LogP contribution < -0.4 is 5.32 Å². The van der Waals surface area contributed by atoms with E-state index in [1.165, 1.54) is 0 Å². The number of rotatable bonds is 5. The highest BCUT2D eigenvalue weighted by molar-refractivity contribution is 7.14. The van der Waals surface area contributed by atoms with Gasteiger partial charge in [-0.3, -0.25) is 4.79 Å². The molecule has 0 aliphatic rings. The first-order valence-electron chi connectivity index (χ1n) is 5.53. The van der Waals surface area contributed by atoms with Gasteiger partial charge in [-0.25, -0.2) is 4.98 Å². The van der Waals surface area contributed by atoms with E-state index in [2.05, 4.69) is 22.3 Å². The van der Waals surface area contributed by atoms with Crippen LogP contribution in [-0.2, 0) is 11.2 Å². The molecule has 0 saturated carbocycles. The van der Waals surface area contributed by atoms with E-state index in [9.17, 15) is 4.79 Å². The molecule has 0 aliphatic carbocycles. The molecular weight excluding hydrogens is 264 g/mol. The predicted molar refractivity (Wildman–Crippen MR) is 77.0 cm³/mol. The lowest BCUT2D eigenvalue weighted by atomic mass is 10.3. The summed E-state index contributed by atoms with van der Waals surface area (Å²) in [6, 6.07) is 2.04. The van der Waals surface area contributed by atoms with Crippen LogP contribution in [0.3, 0.4) is 0 Å². The van der Waals surface area contributed by atoms with Crippen LogP contribution in [0.15, 0.2) is 34.4 Å². The molecule has 0 radical (unpaired) electrons. The van der Waals surface area contributed by atoms with Gasteiger partial charge in [0.1, 0.15) is 5.01 Å². The fourth-order valence-electron chi connectivity index (χ4n) is 1.38. The van der Waals surface area contributed by atoms with Crippen molar-refractivity contribution in [1.29, 1.82) is 0 Å². The second kappa shape index (κ2) is 5.93. The van der Waals surface area contributed by atoms with Crippen molar-refractivity contribution in [3.63, 3.8) is 0 Å². The van der Waals surface area contributed by atoms with Crippen molar-refractivity contribution < 1.29 is 4.79 Å². The monoisotopic (exact) mass is 278 g/mol. The number of carbonyl (C=O) groups is 1. The van der Waals surface area contributed by atoms with Gasteiger partial charge >= 0.3 is 0 Å². The maximum Gasteiger partial charge on any atom is 0.226 e. The van der Waals surface area contributed by atoms with Crippen LogP contribution in [0.4, 0.5) is 0 Å². The lowest BCUT2D eigenvalue weighted by Crippen LogP contribution is -2.26. The zero-order valence-corrected chi connectivity index (χ0v) is 11.7. The summed E-state index contributed by atoms with van der Waals surface area (Å²) in [5.41, 5.74) is 2.89. The van der Waals surface area contributed by atoms with Gasteiger partial charge in [0.2, 0.25) is 5.91 Å². The van der Waals surface area contributed by atoms with Crippen molar-refractivity contribution in [1.82, 2.24) is 10.3 Å². The van der Waals surface area contributed by atoms with Gasteiger partial charge in [-0.05, 0) is 18.4 Å². The van der Waals surface area contributed by atoms with Crippen molar-refractivity contribution >= 4 is 28.6 Å². The molecule has 5 heteroatoms. The molecule has 2 heterocycles. The van der Waals surface area contributed by atoms with Gasteiger partial charge in [0, 0.05) is 22.9 Å². The largest absolute Gasteiger partial charge is 0.352 e. The van der Waals surface area contributed by atoms with E-state index >= 15 is 0 Å². The van der Waals surface area contributed by atoms with Crippen molar-refractivity contribution in [2.75, 3.05) is 6.54 Å². The minimum Gasteiger partial charge on any atom is -0.352 e. The second-order valence-corrected chi connectivity index (χ2v) is 5.70. The van der Waals surface area contributed by atoms with E-state index in [0.29, 0.717) is 13.0 Å². The van der Waals surface area contributed by atoms with E-state index < -0.39 is 0 Å². The molecule has 94 valence electrons. The second-order valence-electron chi connectivity index (χ2n) is 4.07. The molecule has 0 bridgehead atoms. The highest BCUT2D eigenvalue weighted by Gasteiger charge is 2.08. The Labute approximate surface area is 114 Å². The molecule has 1 amide bonds. The Kier molecular flexibility index (Phi) is 4.28. The average molecular weight is 278 g/mol. The summed E-state index contributed by atoms with van der Waals surface area (Å²) in [7, 11) is 0. The summed E-state index contributed by atoms with van der Waals surface area (Å²) in [5, 5.41) is 9.79. The molecule has 0 aliphatic heterocycles. The summed E-state index contributed by atoms with van der Waals surface area (Å²) in [4.78, 5) is 16.1. The maximum atomic E-state index is 11.6. The third-order valence-corrected chi connectivity index (χ3v) is 3.87. The molecule has 2 aromatic rings. The molecule has 0 saturated heterocycles. The van der Waals surface area contributed by atoms with Gasteiger partial charge < -0.3 is 5.32 Å². The Morgan fingerprint density at radius 3 is 3.00 bits per heavy atom. The molecule has 1 N–H and O–H groups in total. The molecule has 0 fully saturated rings. The van der Waals surface area contributed by atoms with Gasteiger partial charge in [0.25, 0.3) is 0 Å². The zero-order valence-electron chi connectivity index (χ0n) is 10.1.